The maximum absolute atomic E-state index is 12.0. The van der Waals surface area contributed by atoms with E-state index in [-0.39, 0.29) is 23.6 Å². The van der Waals surface area contributed by atoms with Gasteiger partial charge in [0, 0.05) is 12.1 Å². The summed E-state index contributed by atoms with van der Waals surface area (Å²) in [4.78, 5) is 12.0. The van der Waals surface area contributed by atoms with E-state index >= 15 is 0 Å². The van der Waals surface area contributed by atoms with Crippen molar-refractivity contribution in [2.75, 3.05) is 6.54 Å². The Hall–Kier alpha value is -1.55. The van der Waals surface area contributed by atoms with Crippen LogP contribution in [0.15, 0.2) is 24.3 Å². The van der Waals surface area contributed by atoms with Crippen molar-refractivity contribution in [2.24, 2.45) is 5.73 Å². The number of nitrogens with one attached hydrogen (secondary N) is 1. The highest BCUT2D eigenvalue weighted by Gasteiger charge is 2.26. The summed E-state index contributed by atoms with van der Waals surface area (Å²) in [5, 5.41) is 12.6. The predicted octanol–water partition coefficient (Wildman–Crippen LogP) is 1.57. The third kappa shape index (κ3) is 3.47. The molecule has 0 saturated carbocycles. The third-order valence-electron chi connectivity index (χ3n) is 3.49. The normalized spacial score (nSPS) is 11.3. The Balaban J connectivity index is 2.70. The molecule has 1 rings (SSSR count). The number of benzene rings is 1. The van der Waals surface area contributed by atoms with Crippen LogP contribution in [0.25, 0.3) is 0 Å². The second-order valence-corrected chi connectivity index (χ2v) is 4.55. The number of hydrogen-bond acceptors (Lipinski definition) is 3. The first-order chi connectivity index (χ1) is 8.56. The van der Waals surface area contributed by atoms with Crippen LogP contribution in [-0.4, -0.2) is 23.1 Å². The minimum absolute atomic E-state index is 0.106. The van der Waals surface area contributed by atoms with Crippen LogP contribution in [0.3, 0.4) is 0 Å². The zero-order valence-corrected chi connectivity index (χ0v) is 11.1. The van der Waals surface area contributed by atoms with E-state index in [1.807, 2.05) is 13.8 Å². The Morgan fingerprint density at radius 3 is 2.44 bits per heavy atom. The number of rotatable bonds is 6. The highest BCUT2D eigenvalue weighted by atomic mass is 16.3. The lowest BCUT2D eigenvalue weighted by Gasteiger charge is -2.31. The van der Waals surface area contributed by atoms with Gasteiger partial charge in [-0.05, 0) is 18.9 Å². The molecule has 1 amide bonds. The van der Waals surface area contributed by atoms with Crippen LogP contribution in [0.2, 0.25) is 0 Å². The number of carbonyl (C=O) groups is 1. The van der Waals surface area contributed by atoms with Crippen molar-refractivity contribution in [3.05, 3.63) is 29.8 Å². The molecule has 0 heterocycles. The third-order valence-corrected chi connectivity index (χ3v) is 3.49. The molecule has 0 aliphatic heterocycles. The van der Waals surface area contributed by atoms with Crippen molar-refractivity contribution < 1.29 is 9.90 Å². The van der Waals surface area contributed by atoms with Gasteiger partial charge in [0.15, 0.2) is 0 Å². The first-order valence-electron chi connectivity index (χ1n) is 6.35. The number of phenols is 1. The summed E-state index contributed by atoms with van der Waals surface area (Å²) in [6.45, 7) is 4.44. The van der Waals surface area contributed by atoms with E-state index in [0.717, 1.165) is 12.8 Å². The second-order valence-electron chi connectivity index (χ2n) is 4.55. The van der Waals surface area contributed by atoms with Crippen LogP contribution in [0.4, 0.5) is 0 Å². The Bertz CT molecular complexity index is 392. The lowest BCUT2D eigenvalue weighted by molar-refractivity contribution is -0.122. The summed E-state index contributed by atoms with van der Waals surface area (Å²) in [6, 6.07) is 6.87. The second kappa shape index (κ2) is 6.40. The highest BCUT2D eigenvalue weighted by molar-refractivity contribution is 5.80. The Morgan fingerprint density at radius 1 is 1.33 bits per heavy atom. The Labute approximate surface area is 108 Å². The molecule has 0 radical (unpaired) electrons. The van der Waals surface area contributed by atoms with E-state index < -0.39 is 0 Å². The average molecular weight is 250 g/mol. The zero-order chi connectivity index (χ0) is 13.6. The smallest absolute Gasteiger partial charge is 0.225 e. The molecular weight excluding hydrogens is 228 g/mol. The minimum atomic E-state index is -0.332. The number of para-hydroxylation sites is 1. The van der Waals surface area contributed by atoms with E-state index in [1.54, 1.807) is 24.3 Å². The van der Waals surface area contributed by atoms with Gasteiger partial charge in [-0.1, -0.05) is 32.0 Å². The molecule has 100 valence electrons. The molecule has 0 spiro atoms. The first-order valence-corrected chi connectivity index (χ1v) is 6.35. The van der Waals surface area contributed by atoms with Crippen LogP contribution in [-0.2, 0) is 11.2 Å². The van der Waals surface area contributed by atoms with E-state index in [0.29, 0.717) is 12.1 Å². The maximum atomic E-state index is 12.0. The lowest BCUT2D eigenvalue weighted by atomic mass is 9.92. The number of nitrogens with two attached hydrogens (primary N) is 1. The quantitative estimate of drug-likeness (QED) is 0.717. The van der Waals surface area contributed by atoms with Gasteiger partial charge in [0.1, 0.15) is 5.75 Å². The molecule has 0 aliphatic rings. The van der Waals surface area contributed by atoms with E-state index in [2.05, 4.69) is 5.32 Å². The molecule has 4 heteroatoms. The van der Waals surface area contributed by atoms with Gasteiger partial charge >= 0.3 is 0 Å². The summed E-state index contributed by atoms with van der Waals surface area (Å²) in [7, 11) is 0. The molecule has 0 bridgehead atoms. The highest BCUT2D eigenvalue weighted by Crippen LogP contribution is 2.18. The fourth-order valence-corrected chi connectivity index (χ4v) is 1.94. The van der Waals surface area contributed by atoms with E-state index in [9.17, 15) is 9.90 Å². The predicted molar refractivity (Wildman–Crippen MR) is 72.3 cm³/mol. The number of aromatic hydroxyl groups is 1. The van der Waals surface area contributed by atoms with E-state index in [4.69, 9.17) is 5.73 Å². The summed E-state index contributed by atoms with van der Waals surface area (Å²) >= 11 is 0. The molecule has 4 nitrogen and oxygen atoms in total. The molecule has 1 aromatic rings. The summed E-state index contributed by atoms with van der Waals surface area (Å²) < 4.78 is 0. The topological polar surface area (TPSA) is 75.3 Å². The molecule has 0 aliphatic carbocycles. The largest absolute Gasteiger partial charge is 0.508 e. The summed E-state index contributed by atoms with van der Waals surface area (Å²) in [5.74, 6) is 0.0460. The van der Waals surface area contributed by atoms with Gasteiger partial charge in [-0.3, -0.25) is 4.79 Å². The number of amides is 1. The summed E-state index contributed by atoms with van der Waals surface area (Å²) in [5.41, 5.74) is 6.04. The van der Waals surface area contributed by atoms with Gasteiger partial charge in [-0.2, -0.15) is 0 Å². The zero-order valence-electron chi connectivity index (χ0n) is 11.1. The Kier molecular flexibility index (Phi) is 5.16. The molecule has 18 heavy (non-hydrogen) atoms. The number of phenolic OH excluding ortho intramolecular Hbond substituents is 1. The van der Waals surface area contributed by atoms with Gasteiger partial charge in [0.25, 0.3) is 0 Å². The first kappa shape index (κ1) is 14.5. The van der Waals surface area contributed by atoms with Crippen molar-refractivity contribution >= 4 is 5.91 Å². The monoisotopic (exact) mass is 250 g/mol. The van der Waals surface area contributed by atoms with Gasteiger partial charge in [0.2, 0.25) is 5.91 Å². The lowest BCUT2D eigenvalue weighted by Crippen LogP contribution is -2.53. The number of carbonyl (C=O) groups excluding carboxylic acids is 1. The molecule has 4 N–H and O–H groups in total. The fraction of sp³-hybridized carbons (Fsp3) is 0.500. The van der Waals surface area contributed by atoms with Crippen molar-refractivity contribution in [3.8, 4) is 5.75 Å². The maximum Gasteiger partial charge on any atom is 0.225 e. The van der Waals surface area contributed by atoms with Gasteiger partial charge in [-0.15, -0.1) is 0 Å². The SMILES string of the molecule is CCC(CC)(CN)NC(=O)Cc1ccccc1O. The van der Waals surface area contributed by atoms with Crippen LogP contribution in [0.1, 0.15) is 32.3 Å². The molecule has 0 aromatic heterocycles. The van der Waals surface area contributed by atoms with Crippen molar-refractivity contribution in [2.45, 2.75) is 38.6 Å². The molecular formula is C14H22N2O2. The van der Waals surface area contributed by atoms with Crippen molar-refractivity contribution in [1.82, 2.24) is 5.32 Å². The van der Waals surface area contributed by atoms with Gasteiger partial charge < -0.3 is 16.2 Å². The minimum Gasteiger partial charge on any atom is -0.508 e. The van der Waals surface area contributed by atoms with E-state index in [1.165, 1.54) is 0 Å². The van der Waals surface area contributed by atoms with Crippen molar-refractivity contribution in [3.63, 3.8) is 0 Å². The molecule has 0 unspecified atom stereocenters. The molecule has 1 aromatic carbocycles. The van der Waals surface area contributed by atoms with Crippen LogP contribution < -0.4 is 11.1 Å². The molecule has 0 fully saturated rings. The van der Waals surface area contributed by atoms with Crippen molar-refractivity contribution in [1.29, 1.82) is 0 Å². The number of hydrogen-bond donors (Lipinski definition) is 3. The Morgan fingerprint density at radius 2 is 1.94 bits per heavy atom. The van der Waals surface area contributed by atoms with Crippen LogP contribution >= 0.6 is 0 Å². The molecule has 0 saturated heterocycles. The van der Waals surface area contributed by atoms with Gasteiger partial charge in [0.05, 0.1) is 12.0 Å². The molecule has 0 atom stereocenters. The van der Waals surface area contributed by atoms with Crippen LogP contribution in [0, 0.1) is 0 Å². The fourth-order valence-electron chi connectivity index (χ4n) is 1.94. The van der Waals surface area contributed by atoms with Gasteiger partial charge in [-0.25, -0.2) is 0 Å². The average Bonchev–Trinajstić information content (AvgIpc) is 2.39. The standard InChI is InChI=1S/C14H22N2O2/c1-3-14(4-2,10-15)16-13(18)9-11-7-5-6-8-12(11)17/h5-8,17H,3-4,9-10,15H2,1-2H3,(H,16,18). The summed E-state index contributed by atoms with van der Waals surface area (Å²) in [6.07, 6.45) is 1.77. The van der Waals surface area contributed by atoms with Crippen LogP contribution in [0.5, 0.6) is 5.75 Å².